The van der Waals surface area contributed by atoms with Crippen molar-refractivity contribution < 1.29 is 31.4 Å². The van der Waals surface area contributed by atoms with Crippen LogP contribution in [-0.2, 0) is 24.6 Å². The Bertz CT molecular complexity index is 1780. The van der Waals surface area contributed by atoms with Crippen molar-refractivity contribution in [3.63, 3.8) is 0 Å². The average molecular weight is 632 g/mol. The highest BCUT2D eigenvalue weighted by Gasteiger charge is 2.45. The summed E-state index contributed by atoms with van der Waals surface area (Å²) in [6.45, 7) is 3.04. The molecule has 2 aromatic carbocycles. The van der Waals surface area contributed by atoms with Crippen LogP contribution in [0, 0.1) is 6.92 Å². The molecule has 0 bridgehead atoms. The first kappa shape index (κ1) is 30.2. The molecular weight excluding hydrogens is 594 g/mol. The molecule has 0 amide bonds. The SMILES string of the molecule is Cc1cccc2c(=O)c(S(=O)(=O)N3CCC4(CC3)CC(NCC(O)COc3cccc(S(=O)(=O)C5CC5)c3)CO4)c[nH]c12. The van der Waals surface area contributed by atoms with Crippen molar-refractivity contribution in [2.24, 2.45) is 0 Å². The van der Waals surface area contributed by atoms with E-state index >= 15 is 0 Å². The fourth-order valence-electron chi connectivity index (χ4n) is 6.04. The summed E-state index contributed by atoms with van der Waals surface area (Å²) in [7, 11) is -7.30. The Kier molecular flexibility index (Phi) is 8.16. The van der Waals surface area contributed by atoms with Gasteiger partial charge in [-0.3, -0.25) is 4.79 Å². The summed E-state index contributed by atoms with van der Waals surface area (Å²) < 4.78 is 65.0. The molecule has 3 N–H and O–H groups in total. The van der Waals surface area contributed by atoms with Crippen LogP contribution >= 0.6 is 0 Å². The summed E-state index contributed by atoms with van der Waals surface area (Å²) in [5, 5.41) is 13.9. The second-order valence-electron chi connectivity index (χ2n) is 11.9. The number of nitrogens with zero attached hydrogens (tertiary/aromatic N) is 1. The zero-order chi connectivity index (χ0) is 30.4. The Morgan fingerprint density at radius 1 is 1.14 bits per heavy atom. The van der Waals surface area contributed by atoms with Gasteiger partial charge in [-0.15, -0.1) is 0 Å². The smallest absolute Gasteiger partial charge is 0.248 e. The summed E-state index contributed by atoms with van der Waals surface area (Å²) in [5.41, 5.74) is 0.530. The molecule has 2 atom stereocenters. The van der Waals surface area contributed by atoms with E-state index in [1.807, 2.05) is 13.0 Å². The number of nitrogens with one attached hydrogen (secondary N) is 2. The number of hydrogen-bond donors (Lipinski definition) is 3. The van der Waals surface area contributed by atoms with Gasteiger partial charge in [0, 0.05) is 37.3 Å². The standard InChI is InChI=1S/C30H37N3O8S2/c1-20-4-2-7-26-28(20)32-17-27(29(26)35)43(38,39)33-12-10-30(11-13-33)15-21(18-41-30)31-16-22(34)19-40-23-5-3-6-25(14-23)42(36,37)24-8-9-24/h2-7,14,17,21-22,24,31,34H,8-13,15-16,18-19H2,1H3,(H,32,35). The van der Waals surface area contributed by atoms with Gasteiger partial charge in [0.25, 0.3) is 0 Å². The first-order chi connectivity index (χ1) is 20.5. The van der Waals surface area contributed by atoms with Crippen molar-refractivity contribution in [2.75, 3.05) is 32.8 Å². The van der Waals surface area contributed by atoms with Gasteiger partial charge in [0.15, 0.2) is 9.84 Å². The maximum Gasteiger partial charge on any atom is 0.248 e. The molecule has 2 aliphatic heterocycles. The van der Waals surface area contributed by atoms with Crippen molar-refractivity contribution in [1.29, 1.82) is 0 Å². The van der Waals surface area contributed by atoms with E-state index in [1.165, 1.54) is 16.6 Å². The van der Waals surface area contributed by atoms with E-state index in [0.29, 0.717) is 55.4 Å². The van der Waals surface area contributed by atoms with Crippen LogP contribution in [0.15, 0.2) is 63.2 Å². The third-order valence-corrected chi connectivity index (χ3v) is 12.9. The van der Waals surface area contributed by atoms with Crippen LogP contribution in [0.5, 0.6) is 5.75 Å². The molecular formula is C30H37N3O8S2. The van der Waals surface area contributed by atoms with Crippen molar-refractivity contribution in [3.8, 4) is 5.75 Å². The van der Waals surface area contributed by atoms with Gasteiger partial charge in [0.2, 0.25) is 15.5 Å². The minimum absolute atomic E-state index is 0.00105. The van der Waals surface area contributed by atoms with Crippen LogP contribution in [0.1, 0.15) is 37.7 Å². The number of rotatable bonds is 10. The molecule has 6 rings (SSSR count). The van der Waals surface area contributed by atoms with E-state index < -0.39 is 37.0 Å². The lowest BCUT2D eigenvalue weighted by molar-refractivity contribution is -0.0312. The Labute approximate surface area is 251 Å². The van der Waals surface area contributed by atoms with Crippen molar-refractivity contribution in [1.82, 2.24) is 14.6 Å². The second-order valence-corrected chi connectivity index (χ2v) is 16.0. The number of aliphatic hydroxyl groups is 1. The van der Waals surface area contributed by atoms with Crippen LogP contribution in [0.25, 0.3) is 10.9 Å². The van der Waals surface area contributed by atoms with Crippen LogP contribution in [0.4, 0.5) is 0 Å². The number of H-pyrrole nitrogens is 1. The van der Waals surface area contributed by atoms with E-state index in [-0.39, 0.29) is 47.3 Å². The Morgan fingerprint density at radius 2 is 1.88 bits per heavy atom. The van der Waals surface area contributed by atoms with E-state index in [2.05, 4.69) is 10.3 Å². The lowest BCUT2D eigenvalue weighted by atomic mass is 9.88. The molecule has 0 radical (unpaired) electrons. The van der Waals surface area contributed by atoms with Crippen LogP contribution in [-0.4, -0.2) is 87.1 Å². The molecule has 1 aromatic heterocycles. The van der Waals surface area contributed by atoms with Gasteiger partial charge in [-0.1, -0.05) is 18.2 Å². The number of benzene rings is 2. The first-order valence-electron chi connectivity index (χ1n) is 14.6. The molecule has 3 heterocycles. The Balaban J connectivity index is 0.994. The number of sulfonamides is 1. The predicted octanol–water partition coefficient (Wildman–Crippen LogP) is 2.11. The highest BCUT2D eigenvalue weighted by atomic mass is 32.2. The molecule has 3 aliphatic rings. The van der Waals surface area contributed by atoms with Gasteiger partial charge in [-0.25, -0.2) is 16.8 Å². The Morgan fingerprint density at radius 3 is 2.63 bits per heavy atom. The number of aryl methyl sites for hydroxylation is 1. The van der Waals surface area contributed by atoms with E-state index in [4.69, 9.17) is 9.47 Å². The van der Waals surface area contributed by atoms with Crippen LogP contribution in [0.3, 0.4) is 0 Å². The molecule has 1 saturated carbocycles. The predicted molar refractivity (Wildman–Crippen MR) is 161 cm³/mol. The highest BCUT2D eigenvalue weighted by molar-refractivity contribution is 7.92. The molecule has 2 saturated heterocycles. The zero-order valence-electron chi connectivity index (χ0n) is 24.0. The van der Waals surface area contributed by atoms with Gasteiger partial charge in [0.1, 0.15) is 23.4 Å². The fourth-order valence-corrected chi connectivity index (χ4v) is 9.22. The number of piperidine rings is 1. The molecule has 232 valence electrons. The maximum atomic E-state index is 13.4. The van der Waals surface area contributed by atoms with Crippen LogP contribution < -0.4 is 15.5 Å². The number of pyridine rings is 1. The summed E-state index contributed by atoms with van der Waals surface area (Å²) >= 11 is 0. The summed E-state index contributed by atoms with van der Waals surface area (Å²) in [4.78, 5) is 16.1. The Hall–Kier alpha value is -2.81. The highest BCUT2D eigenvalue weighted by Crippen LogP contribution is 2.37. The molecule has 1 aliphatic carbocycles. The molecule has 3 aromatic rings. The summed E-state index contributed by atoms with van der Waals surface area (Å²) in [6, 6.07) is 11.6. The summed E-state index contributed by atoms with van der Waals surface area (Å²) in [5.74, 6) is 0.395. The molecule has 11 nitrogen and oxygen atoms in total. The third kappa shape index (κ3) is 6.11. The molecule has 43 heavy (non-hydrogen) atoms. The lowest BCUT2D eigenvalue weighted by Gasteiger charge is -2.37. The average Bonchev–Trinajstić information content (AvgIpc) is 3.79. The van der Waals surface area contributed by atoms with Crippen molar-refractivity contribution >= 4 is 30.8 Å². The largest absolute Gasteiger partial charge is 0.491 e. The molecule has 1 spiro atoms. The van der Waals surface area contributed by atoms with Crippen LogP contribution in [0.2, 0.25) is 0 Å². The van der Waals surface area contributed by atoms with Gasteiger partial charge in [0.05, 0.1) is 27.9 Å². The van der Waals surface area contributed by atoms with Crippen molar-refractivity contribution in [3.05, 3.63) is 64.4 Å². The van der Waals surface area contributed by atoms with Crippen molar-refractivity contribution in [2.45, 2.75) is 71.8 Å². The van der Waals surface area contributed by atoms with Gasteiger partial charge in [-0.05, 0) is 68.9 Å². The second kappa shape index (κ2) is 11.6. The minimum Gasteiger partial charge on any atom is -0.491 e. The first-order valence-corrected chi connectivity index (χ1v) is 17.6. The maximum absolute atomic E-state index is 13.4. The fraction of sp³-hybridized carbons (Fsp3) is 0.500. The van der Waals surface area contributed by atoms with E-state index in [0.717, 1.165) is 5.56 Å². The van der Waals surface area contributed by atoms with E-state index in [9.17, 15) is 26.7 Å². The number of aromatic nitrogens is 1. The van der Waals surface area contributed by atoms with E-state index in [1.54, 1.807) is 30.3 Å². The van der Waals surface area contributed by atoms with Gasteiger partial charge in [-0.2, -0.15) is 4.31 Å². The molecule has 13 heteroatoms. The number of aromatic amines is 1. The number of aliphatic hydroxyl groups excluding tert-OH is 1. The number of fused-ring (bicyclic) bond motifs is 1. The quantitative estimate of drug-likeness (QED) is 0.305. The number of sulfone groups is 1. The van der Waals surface area contributed by atoms with Gasteiger partial charge >= 0.3 is 0 Å². The molecule has 2 unspecified atom stereocenters. The zero-order valence-corrected chi connectivity index (χ0v) is 25.6. The number of hydrogen-bond acceptors (Lipinski definition) is 9. The topological polar surface area (TPSA) is 155 Å². The third-order valence-electron chi connectivity index (χ3n) is 8.73. The monoisotopic (exact) mass is 631 g/mol. The molecule has 3 fully saturated rings. The lowest BCUT2D eigenvalue weighted by Crippen LogP contribution is -2.47. The number of para-hydroxylation sites is 1. The normalized spacial score (nSPS) is 21.8. The minimum atomic E-state index is -3.98. The number of ether oxygens (including phenoxy) is 2. The van der Waals surface area contributed by atoms with Gasteiger partial charge < -0.3 is 24.9 Å². The summed E-state index contributed by atoms with van der Waals surface area (Å²) in [6.07, 6.45) is 3.52.